The molecule has 3 rings (SSSR count). The fourth-order valence-electron chi connectivity index (χ4n) is 2.72. The minimum absolute atomic E-state index is 0.131. The number of imidazole rings is 1. The smallest absolute Gasteiger partial charge is 0.245 e. The van der Waals surface area contributed by atoms with Gasteiger partial charge >= 0.3 is 0 Å². The SMILES string of the molecule is CO[C@@H]1CC(c2ncc[nH]2)N(S(=O)(=O)c2ccc(F)cc2Cl)C1. The molecule has 1 aromatic carbocycles. The molecule has 23 heavy (non-hydrogen) atoms. The molecule has 6 nitrogen and oxygen atoms in total. The first-order valence-corrected chi connectivity index (χ1v) is 8.74. The van der Waals surface area contributed by atoms with Crippen LogP contribution in [0, 0.1) is 5.82 Å². The molecule has 124 valence electrons. The van der Waals surface area contributed by atoms with Gasteiger partial charge in [-0.05, 0) is 24.6 Å². The number of aromatic amines is 1. The van der Waals surface area contributed by atoms with Crippen molar-refractivity contribution < 1.29 is 17.5 Å². The van der Waals surface area contributed by atoms with Crippen molar-refractivity contribution in [1.82, 2.24) is 14.3 Å². The predicted octanol–water partition coefficient (Wildman–Crippen LogP) is 2.35. The Morgan fingerprint density at radius 3 is 2.87 bits per heavy atom. The number of ether oxygens (including phenoxy) is 1. The number of benzene rings is 1. The molecule has 9 heteroatoms. The highest BCUT2D eigenvalue weighted by Gasteiger charge is 2.43. The summed E-state index contributed by atoms with van der Waals surface area (Å²) in [6, 6.07) is 2.75. The zero-order valence-corrected chi connectivity index (χ0v) is 13.8. The molecule has 1 aliphatic heterocycles. The molecule has 1 saturated heterocycles. The topological polar surface area (TPSA) is 75.3 Å². The normalized spacial score (nSPS) is 22.6. The number of rotatable bonds is 4. The lowest BCUT2D eigenvalue weighted by molar-refractivity contribution is 0.114. The van der Waals surface area contributed by atoms with Crippen molar-refractivity contribution in [3.63, 3.8) is 0 Å². The van der Waals surface area contributed by atoms with Crippen molar-refractivity contribution in [2.24, 2.45) is 0 Å². The van der Waals surface area contributed by atoms with Gasteiger partial charge < -0.3 is 9.72 Å². The van der Waals surface area contributed by atoms with Crippen molar-refractivity contribution in [2.45, 2.75) is 23.5 Å². The van der Waals surface area contributed by atoms with Crippen LogP contribution in [0.1, 0.15) is 18.3 Å². The number of hydrogen-bond donors (Lipinski definition) is 1. The molecule has 2 aromatic rings. The number of nitrogens with zero attached hydrogens (tertiary/aromatic N) is 2. The summed E-state index contributed by atoms with van der Waals surface area (Å²) in [7, 11) is -2.38. The largest absolute Gasteiger partial charge is 0.380 e. The van der Waals surface area contributed by atoms with E-state index in [2.05, 4.69) is 9.97 Å². The second-order valence-corrected chi connectivity index (χ2v) is 7.50. The molecule has 0 radical (unpaired) electrons. The van der Waals surface area contributed by atoms with E-state index in [1.165, 1.54) is 17.5 Å². The van der Waals surface area contributed by atoms with Crippen molar-refractivity contribution in [3.8, 4) is 0 Å². The fraction of sp³-hybridized carbons (Fsp3) is 0.357. The van der Waals surface area contributed by atoms with Gasteiger partial charge in [0, 0.05) is 26.0 Å². The first-order chi connectivity index (χ1) is 10.9. The number of sulfonamides is 1. The summed E-state index contributed by atoms with van der Waals surface area (Å²) in [5.74, 6) is -0.0564. The Morgan fingerprint density at radius 2 is 2.26 bits per heavy atom. The number of aromatic nitrogens is 2. The van der Waals surface area contributed by atoms with Gasteiger partial charge in [0.1, 0.15) is 16.5 Å². The predicted molar refractivity (Wildman–Crippen MR) is 82.0 cm³/mol. The average Bonchev–Trinajstić information content (AvgIpc) is 3.16. The minimum atomic E-state index is -3.91. The third kappa shape index (κ3) is 2.99. The molecule has 0 saturated carbocycles. The van der Waals surface area contributed by atoms with E-state index in [0.717, 1.165) is 12.1 Å². The first-order valence-electron chi connectivity index (χ1n) is 6.92. The maximum absolute atomic E-state index is 13.2. The summed E-state index contributed by atoms with van der Waals surface area (Å²) in [6.07, 6.45) is 3.41. The number of halogens is 2. The lowest BCUT2D eigenvalue weighted by Crippen LogP contribution is -2.32. The molecule has 1 aliphatic rings. The van der Waals surface area contributed by atoms with Gasteiger partial charge in [0.15, 0.2) is 0 Å². The average molecular weight is 360 g/mol. The lowest BCUT2D eigenvalue weighted by atomic mass is 10.2. The van der Waals surface area contributed by atoms with Crippen LogP contribution in [0.15, 0.2) is 35.5 Å². The Kier molecular flexibility index (Phi) is 4.41. The van der Waals surface area contributed by atoms with Crippen LogP contribution in [-0.2, 0) is 14.8 Å². The van der Waals surface area contributed by atoms with Crippen molar-refractivity contribution in [3.05, 3.63) is 47.3 Å². The van der Waals surface area contributed by atoms with Gasteiger partial charge in [-0.25, -0.2) is 17.8 Å². The van der Waals surface area contributed by atoms with Crippen LogP contribution in [0.4, 0.5) is 4.39 Å². The van der Waals surface area contributed by atoms with E-state index in [9.17, 15) is 12.8 Å². The second kappa shape index (κ2) is 6.20. The van der Waals surface area contributed by atoms with Crippen LogP contribution in [0.25, 0.3) is 0 Å². The quantitative estimate of drug-likeness (QED) is 0.909. The Hall–Kier alpha value is -1.48. The van der Waals surface area contributed by atoms with Crippen LogP contribution in [-0.4, -0.2) is 42.4 Å². The monoisotopic (exact) mass is 359 g/mol. The number of hydrogen-bond acceptors (Lipinski definition) is 4. The van der Waals surface area contributed by atoms with Gasteiger partial charge in [-0.2, -0.15) is 4.31 Å². The molecule has 0 aliphatic carbocycles. The van der Waals surface area contributed by atoms with E-state index in [0.29, 0.717) is 12.2 Å². The third-order valence-electron chi connectivity index (χ3n) is 3.87. The molecular weight excluding hydrogens is 345 g/mol. The highest BCUT2D eigenvalue weighted by atomic mass is 35.5. The van der Waals surface area contributed by atoms with Gasteiger partial charge in [0.25, 0.3) is 0 Å². The van der Waals surface area contributed by atoms with Crippen molar-refractivity contribution in [1.29, 1.82) is 0 Å². The molecule has 0 bridgehead atoms. The van der Waals surface area contributed by atoms with E-state index < -0.39 is 21.9 Å². The van der Waals surface area contributed by atoms with Gasteiger partial charge in [-0.3, -0.25) is 0 Å². The molecule has 1 unspecified atom stereocenters. The second-order valence-electron chi connectivity index (χ2n) is 5.23. The Bertz CT molecular complexity index is 798. The summed E-state index contributed by atoms with van der Waals surface area (Å²) >= 11 is 5.93. The van der Waals surface area contributed by atoms with Crippen LogP contribution >= 0.6 is 11.6 Å². The molecule has 1 fully saturated rings. The molecule has 0 spiro atoms. The third-order valence-corrected chi connectivity index (χ3v) is 6.22. The zero-order valence-electron chi connectivity index (χ0n) is 12.2. The summed E-state index contributed by atoms with van der Waals surface area (Å²) in [5, 5.41) is -0.149. The van der Waals surface area contributed by atoms with Crippen molar-refractivity contribution >= 4 is 21.6 Å². The molecule has 0 amide bonds. The van der Waals surface area contributed by atoms with E-state index in [1.807, 2.05) is 0 Å². The molecular formula is C14H15ClFN3O3S. The van der Waals surface area contributed by atoms with Crippen LogP contribution < -0.4 is 0 Å². The van der Waals surface area contributed by atoms with E-state index in [-0.39, 0.29) is 22.6 Å². The molecule has 2 heterocycles. The number of H-pyrrole nitrogens is 1. The Labute approximate surface area is 138 Å². The summed E-state index contributed by atoms with van der Waals surface area (Å²) < 4.78 is 45.7. The maximum atomic E-state index is 13.2. The number of methoxy groups -OCH3 is 1. The first kappa shape index (κ1) is 16.4. The zero-order chi connectivity index (χ0) is 16.6. The number of nitrogens with one attached hydrogen (secondary N) is 1. The fourth-order valence-corrected chi connectivity index (χ4v) is 4.87. The lowest BCUT2D eigenvalue weighted by Gasteiger charge is -2.22. The summed E-state index contributed by atoms with van der Waals surface area (Å²) in [4.78, 5) is 6.96. The van der Waals surface area contributed by atoms with Gasteiger partial charge in [-0.15, -0.1) is 0 Å². The molecule has 1 N–H and O–H groups in total. The van der Waals surface area contributed by atoms with Crippen LogP contribution in [0.5, 0.6) is 0 Å². The summed E-state index contributed by atoms with van der Waals surface area (Å²) in [6.45, 7) is 0.178. The van der Waals surface area contributed by atoms with Crippen molar-refractivity contribution in [2.75, 3.05) is 13.7 Å². The van der Waals surface area contributed by atoms with E-state index in [4.69, 9.17) is 16.3 Å². The minimum Gasteiger partial charge on any atom is -0.380 e. The van der Waals surface area contributed by atoms with Gasteiger partial charge in [-0.1, -0.05) is 11.6 Å². The Balaban J connectivity index is 2.03. The highest BCUT2D eigenvalue weighted by Crippen LogP contribution is 2.37. The van der Waals surface area contributed by atoms with Gasteiger partial charge in [0.05, 0.1) is 17.2 Å². The van der Waals surface area contributed by atoms with E-state index in [1.54, 1.807) is 12.4 Å². The van der Waals surface area contributed by atoms with Crippen LogP contribution in [0.3, 0.4) is 0 Å². The standard InChI is InChI=1S/C14H15ClFN3O3S/c1-22-10-7-12(14-17-4-5-18-14)19(8-10)23(20,21)13-3-2-9(16)6-11(13)15/h2-6,10,12H,7-8H2,1H3,(H,17,18)/t10-,12?/m1/s1. The molecule has 2 atom stereocenters. The Morgan fingerprint density at radius 1 is 1.48 bits per heavy atom. The maximum Gasteiger partial charge on any atom is 0.245 e. The molecule has 1 aromatic heterocycles. The van der Waals surface area contributed by atoms with Gasteiger partial charge in [0.2, 0.25) is 10.0 Å². The highest BCUT2D eigenvalue weighted by molar-refractivity contribution is 7.89. The van der Waals surface area contributed by atoms with Crippen LogP contribution in [0.2, 0.25) is 5.02 Å². The summed E-state index contributed by atoms with van der Waals surface area (Å²) in [5.41, 5.74) is 0. The van der Waals surface area contributed by atoms with E-state index >= 15 is 0 Å².